The van der Waals surface area contributed by atoms with Crippen molar-refractivity contribution in [3.63, 3.8) is 0 Å². The first kappa shape index (κ1) is 14.2. The summed E-state index contributed by atoms with van der Waals surface area (Å²) < 4.78 is 0. The van der Waals surface area contributed by atoms with E-state index in [1.165, 1.54) is 16.7 Å². The Balaban J connectivity index is 1.60. The van der Waals surface area contributed by atoms with E-state index < -0.39 is 0 Å². The number of thioether (sulfide) groups is 1. The molecule has 0 bridgehead atoms. The highest BCUT2D eigenvalue weighted by Gasteiger charge is 2.23. The fourth-order valence-corrected chi connectivity index (χ4v) is 3.11. The number of nitrogens with one attached hydrogen (secondary N) is 1. The largest absolute Gasteiger partial charge is 0.354 e. The van der Waals surface area contributed by atoms with E-state index in [4.69, 9.17) is 0 Å². The first-order valence-corrected chi connectivity index (χ1v) is 7.72. The van der Waals surface area contributed by atoms with Crippen LogP contribution in [0.5, 0.6) is 0 Å². The van der Waals surface area contributed by atoms with Crippen LogP contribution in [0.3, 0.4) is 0 Å². The predicted octanol–water partition coefficient (Wildman–Crippen LogP) is -0.352. The Morgan fingerprint density at radius 3 is 2.63 bits per heavy atom. The minimum atomic E-state index is -0.190. The number of carbonyl (C=O) groups is 3. The smallest absolute Gasteiger partial charge is 0.239 e. The van der Waals surface area contributed by atoms with Gasteiger partial charge in [-0.2, -0.15) is 0 Å². The highest BCUT2D eigenvalue weighted by Crippen LogP contribution is 2.13. The maximum Gasteiger partial charge on any atom is 0.239 e. The fraction of sp³-hybridized carbons (Fsp3) is 0.750. The quantitative estimate of drug-likeness (QED) is 0.749. The summed E-state index contributed by atoms with van der Waals surface area (Å²) in [7, 11) is 0. The van der Waals surface area contributed by atoms with E-state index in [2.05, 4.69) is 5.32 Å². The molecule has 0 unspecified atom stereocenters. The molecule has 1 N–H and O–H groups in total. The van der Waals surface area contributed by atoms with Gasteiger partial charge in [-0.15, -0.1) is 11.8 Å². The van der Waals surface area contributed by atoms with Crippen molar-refractivity contribution in [1.82, 2.24) is 15.1 Å². The Hall–Kier alpha value is -1.24. The zero-order valence-corrected chi connectivity index (χ0v) is 11.7. The Kier molecular flexibility index (Phi) is 5.07. The molecule has 0 aromatic heterocycles. The summed E-state index contributed by atoms with van der Waals surface area (Å²) in [6.07, 6.45) is 2.49. The molecule has 2 saturated heterocycles. The standard InChI is InChI=1S/C12H19N3O3S/c16-10(7-15-9-19-8-12(15)18)13-4-3-11(17)14-5-1-2-6-14/h1-9H2,(H,13,16). The average molecular weight is 285 g/mol. The fourth-order valence-electron chi connectivity index (χ4n) is 2.20. The van der Waals surface area contributed by atoms with Crippen molar-refractivity contribution in [2.75, 3.05) is 37.8 Å². The molecule has 0 aromatic carbocycles. The van der Waals surface area contributed by atoms with Crippen LogP contribution in [0.25, 0.3) is 0 Å². The number of hydrogen-bond donors (Lipinski definition) is 1. The van der Waals surface area contributed by atoms with Crippen LogP contribution in [0.1, 0.15) is 19.3 Å². The van der Waals surface area contributed by atoms with Crippen molar-refractivity contribution >= 4 is 29.5 Å². The average Bonchev–Trinajstić information content (AvgIpc) is 3.02. The lowest BCUT2D eigenvalue weighted by Crippen LogP contribution is -2.39. The van der Waals surface area contributed by atoms with Crippen molar-refractivity contribution in [2.24, 2.45) is 0 Å². The van der Waals surface area contributed by atoms with E-state index in [9.17, 15) is 14.4 Å². The van der Waals surface area contributed by atoms with Gasteiger partial charge in [0.25, 0.3) is 0 Å². The summed E-state index contributed by atoms with van der Waals surface area (Å²) >= 11 is 1.51. The molecular weight excluding hydrogens is 266 g/mol. The molecule has 2 heterocycles. The van der Waals surface area contributed by atoms with Gasteiger partial charge in [-0.3, -0.25) is 14.4 Å². The highest BCUT2D eigenvalue weighted by molar-refractivity contribution is 8.00. The second-order valence-electron chi connectivity index (χ2n) is 4.76. The van der Waals surface area contributed by atoms with Gasteiger partial charge < -0.3 is 15.1 Å². The van der Waals surface area contributed by atoms with Gasteiger partial charge in [0, 0.05) is 26.1 Å². The highest BCUT2D eigenvalue weighted by atomic mass is 32.2. The van der Waals surface area contributed by atoms with Gasteiger partial charge in [-0.05, 0) is 12.8 Å². The van der Waals surface area contributed by atoms with E-state index in [0.29, 0.717) is 24.6 Å². The van der Waals surface area contributed by atoms with Crippen LogP contribution in [-0.4, -0.2) is 65.3 Å². The van der Waals surface area contributed by atoms with Crippen LogP contribution in [0.2, 0.25) is 0 Å². The van der Waals surface area contributed by atoms with Crippen LogP contribution in [-0.2, 0) is 14.4 Å². The minimum absolute atomic E-state index is 0.00768. The second-order valence-corrected chi connectivity index (χ2v) is 5.71. The lowest BCUT2D eigenvalue weighted by molar-refractivity contribution is -0.133. The van der Waals surface area contributed by atoms with Crippen LogP contribution in [0, 0.1) is 0 Å². The molecule has 6 nitrogen and oxygen atoms in total. The number of carbonyl (C=O) groups excluding carboxylic acids is 3. The molecule has 2 rings (SSSR count). The third-order valence-corrected chi connectivity index (χ3v) is 4.22. The third-order valence-electron chi connectivity index (χ3n) is 3.28. The van der Waals surface area contributed by atoms with Crippen molar-refractivity contribution in [2.45, 2.75) is 19.3 Å². The Labute approximate surface area is 116 Å². The van der Waals surface area contributed by atoms with Gasteiger partial charge in [0.1, 0.15) is 6.54 Å². The first-order valence-electron chi connectivity index (χ1n) is 6.57. The van der Waals surface area contributed by atoms with Crippen molar-refractivity contribution < 1.29 is 14.4 Å². The zero-order valence-electron chi connectivity index (χ0n) is 10.9. The molecule has 0 atom stereocenters. The Morgan fingerprint density at radius 2 is 2.00 bits per heavy atom. The molecule has 0 spiro atoms. The molecule has 0 saturated carbocycles. The molecule has 0 aromatic rings. The van der Waals surface area contributed by atoms with Gasteiger partial charge in [-0.25, -0.2) is 0 Å². The molecule has 3 amide bonds. The molecule has 7 heteroatoms. The Bertz CT molecular complexity index is 369. The van der Waals surface area contributed by atoms with E-state index in [-0.39, 0.29) is 24.3 Å². The van der Waals surface area contributed by atoms with Gasteiger partial charge >= 0.3 is 0 Å². The van der Waals surface area contributed by atoms with Crippen molar-refractivity contribution in [3.8, 4) is 0 Å². The summed E-state index contributed by atoms with van der Waals surface area (Å²) in [4.78, 5) is 38.0. The van der Waals surface area contributed by atoms with Gasteiger partial charge in [0.05, 0.1) is 11.6 Å². The molecule has 106 valence electrons. The maximum absolute atomic E-state index is 11.7. The van der Waals surface area contributed by atoms with Crippen LogP contribution < -0.4 is 5.32 Å². The minimum Gasteiger partial charge on any atom is -0.354 e. The summed E-state index contributed by atoms with van der Waals surface area (Å²) in [6, 6.07) is 0. The van der Waals surface area contributed by atoms with E-state index >= 15 is 0 Å². The molecule has 0 aliphatic carbocycles. The van der Waals surface area contributed by atoms with Gasteiger partial charge in [-0.1, -0.05) is 0 Å². The van der Waals surface area contributed by atoms with Gasteiger partial charge in [0.15, 0.2) is 0 Å². The molecule has 19 heavy (non-hydrogen) atoms. The lowest BCUT2D eigenvalue weighted by Gasteiger charge is -2.16. The number of likely N-dealkylation sites (tertiary alicyclic amines) is 1. The zero-order chi connectivity index (χ0) is 13.7. The van der Waals surface area contributed by atoms with Crippen LogP contribution in [0.15, 0.2) is 0 Å². The SMILES string of the molecule is O=C(CN1CSCC1=O)NCCC(=O)N1CCCC1. The topological polar surface area (TPSA) is 69.7 Å². The first-order chi connectivity index (χ1) is 9.16. The van der Waals surface area contributed by atoms with E-state index in [0.717, 1.165) is 25.9 Å². The summed E-state index contributed by atoms with van der Waals surface area (Å²) in [6.45, 7) is 2.13. The van der Waals surface area contributed by atoms with Gasteiger partial charge in [0.2, 0.25) is 17.7 Å². The summed E-state index contributed by atoms with van der Waals surface area (Å²) in [5, 5.41) is 2.69. The molecule has 0 radical (unpaired) electrons. The third kappa shape index (κ3) is 4.12. The maximum atomic E-state index is 11.7. The molecule has 2 aliphatic heterocycles. The van der Waals surface area contributed by atoms with Crippen LogP contribution >= 0.6 is 11.8 Å². The number of amides is 3. The molecular formula is C12H19N3O3S. The van der Waals surface area contributed by atoms with Crippen molar-refractivity contribution in [3.05, 3.63) is 0 Å². The lowest BCUT2D eigenvalue weighted by atomic mass is 10.3. The van der Waals surface area contributed by atoms with E-state index in [1.54, 1.807) is 0 Å². The normalized spacial score (nSPS) is 19.1. The van der Waals surface area contributed by atoms with Crippen molar-refractivity contribution in [1.29, 1.82) is 0 Å². The van der Waals surface area contributed by atoms with Crippen LogP contribution in [0.4, 0.5) is 0 Å². The number of hydrogen-bond acceptors (Lipinski definition) is 4. The summed E-state index contributed by atoms with van der Waals surface area (Å²) in [5.74, 6) is 0.962. The number of rotatable bonds is 5. The summed E-state index contributed by atoms with van der Waals surface area (Å²) in [5.41, 5.74) is 0. The molecule has 2 fully saturated rings. The molecule has 2 aliphatic rings. The number of nitrogens with zero attached hydrogens (tertiary/aromatic N) is 2. The Morgan fingerprint density at radius 1 is 1.26 bits per heavy atom. The monoisotopic (exact) mass is 285 g/mol. The second kappa shape index (κ2) is 6.79. The van der Waals surface area contributed by atoms with E-state index in [1.807, 2.05) is 4.90 Å². The predicted molar refractivity (Wildman–Crippen MR) is 72.5 cm³/mol.